The van der Waals surface area contributed by atoms with E-state index in [1.807, 2.05) is 0 Å². The fourth-order valence-corrected chi connectivity index (χ4v) is 2.71. The third kappa shape index (κ3) is 6.34. The Bertz CT molecular complexity index is 797. The first-order valence-corrected chi connectivity index (χ1v) is 8.98. The lowest BCUT2D eigenvalue weighted by Crippen LogP contribution is -2.40. The van der Waals surface area contributed by atoms with Crippen LogP contribution in [0, 0.1) is 0 Å². The number of likely N-dealkylation sites (N-methyl/N-ethyl adjacent to an activating group) is 1. The SMILES string of the molecule is CCN(CC(=O)Nc1ccc(OC)cc1)C(=O)COc1ccc(Cl)cc1Cl. The summed E-state index contributed by atoms with van der Waals surface area (Å²) in [5.41, 5.74) is 0.619. The lowest BCUT2D eigenvalue weighted by molar-refractivity contribution is -0.136. The van der Waals surface area contributed by atoms with Crippen molar-refractivity contribution in [3.8, 4) is 11.5 Å². The molecule has 0 aliphatic heterocycles. The summed E-state index contributed by atoms with van der Waals surface area (Å²) in [5.74, 6) is 0.415. The maximum Gasteiger partial charge on any atom is 0.260 e. The maximum atomic E-state index is 12.3. The highest BCUT2D eigenvalue weighted by Crippen LogP contribution is 2.27. The lowest BCUT2D eigenvalue weighted by Gasteiger charge is -2.20. The molecule has 2 amide bonds. The van der Waals surface area contributed by atoms with Crippen LogP contribution >= 0.6 is 23.2 Å². The highest BCUT2D eigenvalue weighted by Gasteiger charge is 2.17. The number of rotatable bonds is 8. The van der Waals surface area contributed by atoms with Gasteiger partial charge in [-0.05, 0) is 49.4 Å². The van der Waals surface area contributed by atoms with Crippen molar-refractivity contribution in [2.75, 3.05) is 32.1 Å². The zero-order valence-electron chi connectivity index (χ0n) is 15.0. The summed E-state index contributed by atoms with van der Waals surface area (Å²) in [6.07, 6.45) is 0. The van der Waals surface area contributed by atoms with Gasteiger partial charge in [-0.2, -0.15) is 0 Å². The molecule has 0 unspecified atom stereocenters. The average molecular weight is 411 g/mol. The van der Waals surface area contributed by atoms with Gasteiger partial charge in [0.25, 0.3) is 5.91 Å². The van der Waals surface area contributed by atoms with Crippen LogP contribution in [0.4, 0.5) is 5.69 Å². The maximum absolute atomic E-state index is 12.3. The quantitative estimate of drug-likeness (QED) is 0.716. The van der Waals surface area contributed by atoms with Gasteiger partial charge in [-0.25, -0.2) is 0 Å². The molecule has 27 heavy (non-hydrogen) atoms. The largest absolute Gasteiger partial charge is 0.497 e. The first kappa shape index (κ1) is 20.9. The van der Waals surface area contributed by atoms with Crippen molar-refractivity contribution < 1.29 is 19.1 Å². The third-order valence-corrected chi connectivity index (χ3v) is 4.22. The molecule has 0 bridgehead atoms. The first-order valence-electron chi connectivity index (χ1n) is 8.22. The predicted octanol–water partition coefficient (Wildman–Crippen LogP) is 3.87. The summed E-state index contributed by atoms with van der Waals surface area (Å²) in [7, 11) is 1.57. The van der Waals surface area contributed by atoms with Crippen LogP contribution < -0.4 is 14.8 Å². The fourth-order valence-electron chi connectivity index (χ4n) is 2.25. The van der Waals surface area contributed by atoms with Crippen molar-refractivity contribution in [3.05, 3.63) is 52.5 Å². The van der Waals surface area contributed by atoms with Gasteiger partial charge in [0, 0.05) is 17.3 Å². The number of methoxy groups -OCH3 is 1. The van der Waals surface area contributed by atoms with E-state index in [4.69, 9.17) is 32.7 Å². The van der Waals surface area contributed by atoms with Crippen molar-refractivity contribution >= 4 is 40.7 Å². The van der Waals surface area contributed by atoms with E-state index >= 15 is 0 Å². The van der Waals surface area contributed by atoms with Crippen molar-refractivity contribution in [1.29, 1.82) is 0 Å². The second-order valence-electron chi connectivity index (χ2n) is 5.55. The molecule has 144 valence electrons. The zero-order chi connectivity index (χ0) is 19.8. The predicted molar refractivity (Wildman–Crippen MR) is 106 cm³/mol. The Morgan fingerprint density at radius 3 is 2.41 bits per heavy atom. The van der Waals surface area contributed by atoms with Gasteiger partial charge in [-0.3, -0.25) is 9.59 Å². The average Bonchev–Trinajstić information content (AvgIpc) is 2.65. The van der Waals surface area contributed by atoms with Crippen molar-refractivity contribution in [3.63, 3.8) is 0 Å². The van der Waals surface area contributed by atoms with Crippen LogP contribution in [0.25, 0.3) is 0 Å². The van der Waals surface area contributed by atoms with Gasteiger partial charge < -0.3 is 19.7 Å². The summed E-state index contributed by atoms with van der Waals surface area (Å²) >= 11 is 11.8. The molecule has 0 aliphatic rings. The number of ether oxygens (including phenoxy) is 2. The van der Waals surface area contributed by atoms with Crippen LogP contribution in [0.3, 0.4) is 0 Å². The molecule has 1 N–H and O–H groups in total. The smallest absolute Gasteiger partial charge is 0.260 e. The summed E-state index contributed by atoms with van der Waals surface area (Å²) in [5, 5.41) is 3.53. The molecule has 0 aliphatic carbocycles. The Hall–Kier alpha value is -2.44. The number of carbonyl (C=O) groups excluding carboxylic acids is 2. The molecular weight excluding hydrogens is 391 g/mol. The van der Waals surface area contributed by atoms with Crippen LogP contribution in [0.5, 0.6) is 11.5 Å². The minimum Gasteiger partial charge on any atom is -0.497 e. The van der Waals surface area contributed by atoms with Crippen molar-refractivity contribution in [1.82, 2.24) is 4.90 Å². The number of anilines is 1. The van der Waals surface area contributed by atoms with Crippen LogP contribution in [0.2, 0.25) is 10.0 Å². The molecule has 0 heterocycles. The van der Waals surface area contributed by atoms with Gasteiger partial charge in [-0.15, -0.1) is 0 Å². The third-order valence-electron chi connectivity index (χ3n) is 3.69. The highest BCUT2D eigenvalue weighted by molar-refractivity contribution is 6.35. The molecule has 0 saturated heterocycles. The minimum absolute atomic E-state index is 0.0843. The molecular formula is C19H20Cl2N2O4. The summed E-state index contributed by atoms with van der Waals surface area (Å²) in [6, 6.07) is 11.7. The number of benzene rings is 2. The Labute approximate surface area is 168 Å². The van der Waals surface area contributed by atoms with E-state index in [0.717, 1.165) is 0 Å². The molecule has 2 aromatic rings. The molecule has 0 atom stereocenters. The number of carbonyl (C=O) groups is 2. The van der Waals surface area contributed by atoms with Crippen molar-refractivity contribution in [2.24, 2.45) is 0 Å². The van der Waals surface area contributed by atoms with E-state index in [9.17, 15) is 9.59 Å². The molecule has 6 nitrogen and oxygen atoms in total. The second-order valence-corrected chi connectivity index (χ2v) is 6.39. The number of halogens is 2. The van der Waals surface area contributed by atoms with E-state index in [1.165, 1.54) is 11.0 Å². The number of hydrogen-bond acceptors (Lipinski definition) is 4. The zero-order valence-corrected chi connectivity index (χ0v) is 16.5. The van der Waals surface area contributed by atoms with Gasteiger partial charge in [-0.1, -0.05) is 23.2 Å². The van der Waals surface area contributed by atoms with Gasteiger partial charge in [0.05, 0.1) is 18.7 Å². The van der Waals surface area contributed by atoms with E-state index in [-0.39, 0.29) is 25.0 Å². The van der Waals surface area contributed by atoms with Crippen LogP contribution in [-0.2, 0) is 9.59 Å². The second kappa shape index (κ2) is 10.0. The minimum atomic E-state index is -0.326. The van der Waals surface area contributed by atoms with Crippen molar-refractivity contribution in [2.45, 2.75) is 6.92 Å². The van der Waals surface area contributed by atoms with Gasteiger partial charge >= 0.3 is 0 Å². The van der Waals surface area contributed by atoms with Gasteiger partial charge in [0.15, 0.2) is 6.61 Å². The van der Waals surface area contributed by atoms with E-state index < -0.39 is 0 Å². The highest BCUT2D eigenvalue weighted by atomic mass is 35.5. The number of nitrogens with zero attached hydrogens (tertiary/aromatic N) is 1. The van der Waals surface area contributed by atoms with Crippen LogP contribution in [-0.4, -0.2) is 43.5 Å². The normalized spacial score (nSPS) is 10.2. The van der Waals surface area contributed by atoms with E-state index in [2.05, 4.69) is 5.32 Å². The van der Waals surface area contributed by atoms with Crippen LogP contribution in [0.15, 0.2) is 42.5 Å². The Kier molecular flexibility index (Phi) is 7.76. The van der Waals surface area contributed by atoms with E-state index in [1.54, 1.807) is 50.4 Å². The number of nitrogens with one attached hydrogen (secondary N) is 1. The monoisotopic (exact) mass is 410 g/mol. The topological polar surface area (TPSA) is 67.9 Å². The number of amides is 2. The molecule has 0 spiro atoms. The lowest BCUT2D eigenvalue weighted by atomic mass is 10.3. The number of hydrogen-bond donors (Lipinski definition) is 1. The Balaban J connectivity index is 1.88. The summed E-state index contributed by atoms with van der Waals surface area (Å²) in [6.45, 7) is 1.84. The van der Waals surface area contributed by atoms with Gasteiger partial charge in [0.1, 0.15) is 11.5 Å². The van der Waals surface area contributed by atoms with E-state index in [0.29, 0.717) is 33.8 Å². The summed E-state index contributed by atoms with van der Waals surface area (Å²) in [4.78, 5) is 25.9. The Morgan fingerprint density at radius 2 is 1.81 bits per heavy atom. The molecule has 0 fully saturated rings. The molecule has 2 rings (SSSR count). The molecule has 0 aromatic heterocycles. The standard InChI is InChI=1S/C19H20Cl2N2O4/c1-3-23(11-18(24)22-14-5-7-15(26-2)8-6-14)19(25)12-27-17-9-4-13(20)10-16(17)21/h4-10H,3,11-12H2,1-2H3,(H,22,24). The summed E-state index contributed by atoms with van der Waals surface area (Å²) < 4.78 is 10.5. The molecule has 8 heteroatoms. The first-order chi connectivity index (χ1) is 12.9. The molecule has 0 radical (unpaired) electrons. The Morgan fingerprint density at radius 1 is 1.11 bits per heavy atom. The molecule has 2 aromatic carbocycles. The fraction of sp³-hybridized carbons (Fsp3) is 0.263. The molecule has 0 saturated carbocycles. The van der Waals surface area contributed by atoms with Crippen LogP contribution in [0.1, 0.15) is 6.92 Å². The van der Waals surface area contributed by atoms with Gasteiger partial charge in [0.2, 0.25) is 5.91 Å².